The maximum absolute atomic E-state index is 10.9. The third-order valence-corrected chi connectivity index (χ3v) is 3.59. The Kier molecular flexibility index (Phi) is 2.07. The first-order chi connectivity index (χ1) is 5.27. The Labute approximate surface area is 74.0 Å². The smallest absolute Gasteiger partial charge is 0.130 e. The van der Waals surface area contributed by atoms with Crippen LogP contribution in [0.15, 0.2) is 0 Å². The van der Waals surface area contributed by atoms with E-state index in [2.05, 4.69) is 0 Å². The fourth-order valence-electron chi connectivity index (χ4n) is 1.98. The topological polar surface area (TPSA) is 37.3 Å². The van der Waals surface area contributed by atoms with Gasteiger partial charge in [-0.1, -0.05) is 13.8 Å². The molecule has 0 aromatic carbocycles. The maximum Gasteiger partial charge on any atom is 0.130 e. The molecule has 0 aromatic rings. The van der Waals surface area contributed by atoms with Crippen LogP contribution in [-0.2, 0) is 4.79 Å². The molecule has 1 fully saturated rings. The lowest BCUT2D eigenvalue weighted by Crippen LogP contribution is -2.58. The molecule has 2 unspecified atom stereocenters. The quantitative estimate of drug-likeness (QED) is 0.685. The Morgan fingerprint density at radius 1 is 1.50 bits per heavy atom. The second kappa shape index (κ2) is 2.56. The van der Waals surface area contributed by atoms with E-state index in [1.54, 1.807) is 6.92 Å². The number of rotatable bonds is 2. The van der Waals surface area contributed by atoms with E-state index in [1.165, 1.54) is 0 Å². The zero-order chi connectivity index (χ0) is 9.57. The van der Waals surface area contributed by atoms with Crippen LogP contribution in [-0.4, -0.2) is 16.5 Å². The summed E-state index contributed by atoms with van der Waals surface area (Å²) in [6, 6.07) is 0. The minimum atomic E-state index is -0.576. The van der Waals surface area contributed by atoms with Crippen molar-refractivity contribution in [1.82, 2.24) is 0 Å². The number of carbonyl (C=O) groups is 1. The predicted molar refractivity (Wildman–Crippen MR) is 47.8 cm³/mol. The van der Waals surface area contributed by atoms with E-state index < -0.39 is 5.60 Å². The summed E-state index contributed by atoms with van der Waals surface area (Å²) in [7, 11) is 0. The van der Waals surface area contributed by atoms with Crippen LogP contribution >= 0.6 is 0 Å². The average Bonchev–Trinajstić information content (AvgIpc) is 1.85. The Balaban J connectivity index is 2.60. The van der Waals surface area contributed by atoms with Gasteiger partial charge in [-0.15, -0.1) is 0 Å². The molecule has 0 aromatic heterocycles. The zero-order valence-corrected chi connectivity index (χ0v) is 8.35. The molecule has 2 heteroatoms. The van der Waals surface area contributed by atoms with Crippen LogP contribution in [0.5, 0.6) is 0 Å². The summed E-state index contributed by atoms with van der Waals surface area (Å²) in [5.41, 5.74) is -0.675. The van der Waals surface area contributed by atoms with Gasteiger partial charge in [0.2, 0.25) is 0 Å². The number of hydrogen-bond acceptors (Lipinski definition) is 2. The molecule has 70 valence electrons. The van der Waals surface area contributed by atoms with Crippen molar-refractivity contribution < 1.29 is 9.90 Å². The number of ketones is 1. The van der Waals surface area contributed by atoms with Crippen molar-refractivity contribution in [2.24, 2.45) is 11.3 Å². The summed E-state index contributed by atoms with van der Waals surface area (Å²) in [6.07, 6.45) is 1.38. The number of Topliss-reactive ketones (excluding diaryl/α,β-unsaturated/α-hetero) is 1. The van der Waals surface area contributed by atoms with Gasteiger partial charge < -0.3 is 9.90 Å². The monoisotopic (exact) mass is 170 g/mol. The summed E-state index contributed by atoms with van der Waals surface area (Å²) < 4.78 is 0. The molecule has 1 aliphatic carbocycles. The van der Waals surface area contributed by atoms with Crippen molar-refractivity contribution in [2.45, 2.75) is 46.1 Å². The molecular weight excluding hydrogens is 152 g/mol. The molecule has 0 amide bonds. The van der Waals surface area contributed by atoms with Crippen LogP contribution in [0.25, 0.3) is 0 Å². The summed E-state index contributed by atoms with van der Waals surface area (Å²) in [5, 5.41) is 9.81. The molecule has 2 atom stereocenters. The highest BCUT2D eigenvalue weighted by atomic mass is 16.3. The molecule has 0 heterocycles. The molecule has 1 N–H and O–H groups in total. The average molecular weight is 170 g/mol. The van der Waals surface area contributed by atoms with Crippen LogP contribution in [0, 0.1) is 11.3 Å². The van der Waals surface area contributed by atoms with E-state index in [9.17, 15) is 9.90 Å². The van der Waals surface area contributed by atoms with Crippen LogP contribution in [0.2, 0.25) is 0 Å². The predicted octanol–water partition coefficient (Wildman–Crippen LogP) is 1.76. The van der Waals surface area contributed by atoms with Crippen LogP contribution in [0.4, 0.5) is 0 Å². The lowest BCUT2D eigenvalue weighted by Gasteiger charge is -2.57. The van der Waals surface area contributed by atoms with Gasteiger partial charge in [-0.3, -0.25) is 0 Å². The third-order valence-electron chi connectivity index (χ3n) is 3.59. The van der Waals surface area contributed by atoms with Gasteiger partial charge in [-0.05, 0) is 31.6 Å². The molecule has 0 saturated heterocycles. The minimum Gasteiger partial charge on any atom is -0.390 e. The summed E-state index contributed by atoms with van der Waals surface area (Å²) >= 11 is 0. The largest absolute Gasteiger partial charge is 0.390 e. The number of hydrogen-bond donors (Lipinski definition) is 1. The highest BCUT2D eigenvalue weighted by Crippen LogP contribution is 2.55. The highest BCUT2D eigenvalue weighted by molar-refractivity contribution is 5.76. The van der Waals surface area contributed by atoms with Crippen molar-refractivity contribution in [1.29, 1.82) is 0 Å². The van der Waals surface area contributed by atoms with Gasteiger partial charge in [0.05, 0.1) is 5.60 Å². The van der Waals surface area contributed by atoms with E-state index >= 15 is 0 Å². The van der Waals surface area contributed by atoms with Crippen molar-refractivity contribution in [3.05, 3.63) is 0 Å². The fourth-order valence-corrected chi connectivity index (χ4v) is 1.98. The lowest BCUT2D eigenvalue weighted by molar-refractivity contribution is -0.184. The van der Waals surface area contributed by atoms with Crippen molar-refractivity contribution in [3.8, 4) is 0 Å². The van der Waals surface area contributed by atoms with Gasteiger partial charge in [0.1, 0.15) is 5.78 Å². The molecule has 0 spiro atoms. The molecule has 12 heavy (non-hydrogen) atoms. The van der Waals surface area contributed by atoms with E-state index in [-0.39, 0.29) is 11.2 Å². The van der Waals surface area contributed by atoms with E-state index in [0.717, 1.165) is 6.42 Å². The van der Waals surface area contributed by atoms with Gasteiger partial charge in [-0.25, -0.2) is 0 Å². The molecule has 1 aliphatic rings. The van der Waals surface area contributed by atoms with Crippen LogP contribution in [0.1, 0.15) is 40.5 Å². The SMILES string of the molecule is CC(=O)CC1CC(C)(O)C1(C)C. The van der Waals surface area contributed by atoms with Gasteiger partial charge in [-0.2, -0.15) is 0 Å². The summed E-state index contributed by atoms with van der Waals surface area (Å²) in [4.78, 5) is 10.9. The molecule has 1 saturated carbocycles. The Morgan fingerprint density at radius 3 is 2.25 bits per heavy atom. The van der Waals surface area contributed by atoms with Gasteiger partial charge in [0, 0.05) is 6.42 Å². The van der Waals surface area contributed by atoms with Gasteiger partial charge in [0.25, 0.3) is 0 Å². The van der Waals surface area contributed by atoms with Gasteiger partial charge in [0.15, 0.2) is 0 Å². The second-order valence-electron chi connectivity index (χ2n) is 4.80. The van der Waals surface area contributed by atoms with Gasteiger partial charge >= 0.3 is 0 Å². The van der Waals surface area contributed by atoms with E-state index in [1.807, 2.05) is 20.8 Å². The first-order valence-corrected chi connectivity index (χ1v) is 4.49. The lowest BCUT2D eigenvalue weighted by atomic mass is 9.51. The van der Waals surface area contributed by atoms with Crippen molar-refractivity contribution in [3.63, 3.8) is 0 Å². The second-order valence-corrected chi connectivity index (χ2v) is 4.80. The fraction of sp³-hybridized carbons (Fsp3) is 0.900. The third kappa shape index (κ3) is 1.28. The first-order valence-electron chi connectivity index (χ1n) is 4.49. The number of carbonyl (C=O) groups excluding carboxylic acids is 1. The van der Waals surface area contributed by atoms with E-state index in [4.69, 9.17) is 0 Å². The van der Waals surface area contributed by atoms with E-state index in [0.29, 0.717) is 12.3 Å². The molecule has 2 nitrogen and oxygen atoms in total. The van der Waals surface area contributed by atoms with Crippen molar-refractivity contribution in [2.75, 3.05) is 0 Å². The van der Waals surface area contributed by atoms with Crippen molar-refractivity contribution >= 4 is 5.78 Å². The van der Waals surface area contributed by atoms with Crippen LogP contribution in [0.3, 0.4) is 0 Å². The highest BCUT2D eigenvalue weighted by Gasteiger charge is 2.55. The zero-order valence-electron chi connectivity index (χ0n) is 8.35. The Hall–Kier alpha value is -0.370. The van der Waals surface area contributed by atoms with Crippen LogP contribution < -0.4 is 0 Å². The number of aliphatic hydroxyl groups is 1. The minimum absolute atomic E-state index is 0.0985. The normalized spacial score (nSPS) is 38.9. The molecule has 0 radical (unpaired) electrons. The molecular formula is C10H18O2. The Bertz CT molecular complexity index is 204. The first kappa shape index (κ1) is 9.72. The summed E-state index contributed by atoms with van der Waals surface area (Å²) in [5.74, 6) is 0.591. The summed E-state index contributed by atoms with van der Waals surface area (Å²) in [6.45, 7) is 7.53. The molecule has 1 rings (SSSR count). The maximum atomic E-state index is 10.9. The molecule has 0 aliphatic heterocycles. The Morgan fingerprint density at radius 2 is 2.00 bits per heavy atom. The standard InChI is InChI=1S/C10H18O2/c1-7(11)5-8-6-10(4,12)9(8,2)3/h8,12H,5-6H2,1-4H3. The molecule has 0 bridgehead atoms.